The van der Waals surface area contributed by atoms with Gasteiger partial charge < -0.3 is 15.2 Å². The topological polar surface area (TPSA) is 88.8 Å². The second-order valence-corrected chi connectivity index (χ2v) is 6.62. The highest BCUT2D eigenvalue weighted by molar-refractivity contribution is 5.86. The quantitative estimate of drug-likeness (QED) is 0.454. The summed E-state index contributed by atoms with van der Waals surface area (Å²) in [6.07, 6.45) is 6.19. The number of carboxylic acid groups (broad SMARTS) is 1. The molecule has 7 nitrogen and oxygen atoms in total. The van der Waals surface area contributed by atoms with Gasteiger partial charge in [-0.2, -0.15) is 9.61 Å². The molecule has 2 aromatic carbocycles. The van der Waals surface area contributed by atoms with Crippen molar-refractivity contribution in [3.8, 4) is 16.9 Å². The van der Waals surface area contributed by atoms with E-state index in [1.54, 1.807) is 30.1 Å². The number of benzene rings is 2. The Kier molecular flexibility index (Phi) is 5.43. The molecule has 2 aromatic heterocycles. The van der Waals surface area contributed by atoms with Gasteiger partial charge in [-0.15, -0.1) is 0 Å². The van der Waals surface area contributed by atoms with Crippen LogP contribution in [0.3, 0.4) is 0 Å². The van der Waals surface area contributed by atoms with Crippen LogP contribution >= 0.6 is 0 Å². The normalized spacial score (nSPS) is 11.1. The Morgan fingerprint density at radius 2 is 2.03 bits per heavy atom. The average molecular weight is 400 g/mol. The number of carbonyl (C=O) groups is 1. The Morgan fingerprint density at radius 3 is 2.80 bits per heavy atom. The Morgan fingerprint density at radius 1 is 1.20 bits per heavy atom. The van der Waals surface area contributed by atoms with Crippen LogP contribution < -0.4 is 10.1 Å². The van der Waals surface area contributed by atoms with Crippen LogP contribution in [0.4, 0.5) is 5.82 Å². The van der Waals surface area contributed by atoms with Crippen LogP contribution in [-0.2, 0) is 11.3 Å². The van der Waals surface area contributed by atoms with Crippen molar-refractivity contribution >= 4 is 23.5 Å². The van der Waals surface area contributed by atoms with E-state index in [9.17, 15) is 4.79 Å². The first-order chi connectivity index (χ1) is 14.6. The fourth-order valence-corrected chi connectivity index (χ4v) is 3.14. The third-order valence-corrected chi connectivity index (χ3v) is 4.65. The number of hydrogen-bond donors (Lipinski definition) is 2. The number of nitrogens with one attached hydrogen (secondary N) is 1. The summed E-state index contributed by atoms with van der Waals surface area (Å²) in [7, 11) is 1.65. The lowest BCUT2D eigenvalue weighted by Gasteiger charge is -2.09. The van der Waals surface area contributed by atoms with Gasteiger partial charge in [-0.1, -0.05) is 30.3 Å². The van der Waals surface area contributed by atoms with Gasteiger partial charge in [-0.05, 0) is 47.0 Å². The molecule has 0 aliphatic rings. The number of aromatic nitrogens is 3. The van der Waals surface area contributed by atoms with Crippen LogP contribution in [0.2, 0.25) is 0 Å². The molecule has 2 heterocycles. The number of hydrogen-bond acceptors (Lipinski definition) is 5. The molecule has 0 atom stereocenters. The Bertz CT molecular complexity index is 1210. The van der Waals surface area contributed by atoms with Crippen molar-refractivity contribution in [1.29, 1.82) is 0 Å². The smallest absolute Gasteiger partial charge is 0.328 e. The summed E-state index contributed by atoms with van der Waals surface area (Å²) in [4.78, 5) is 15.3. The summed E-state index contributed by atoms with van der Waals surface area (Å²) in [5.74, 6) is 0.664. The van der Waals surface area contributed by atoms with Gasteiger partial charge in [0.25, 0.3) is 0 Å². The van der Waals surface area contributed by atoms with E-state index in [1.807, 2.05) is 54.6 Å². The highest BCUT2D eigenvalue weighted by Gasteiger charge is 2.11. The van der Waals surface area contributed by atoms with E-state index in [1.165, 1.54) is 0 Å². The molecule has 0 spiro atoms. The molecule has 0 bridgehead atoms. The Balaban J connectivity index is 1.60. The second-order valence-electron chi connectivity index (χ2n) is 6.62. The third kappa shape index (κ3) is 4.15. The molecule has 0 radical (unpaired) electrons. The standard InChI is InChI=1S/C23H20N4O3/c1-30-19-8-5-17(6-9-19)14-25-21-11-12-24-23-20(15-26-27(21)23)18-4-2-3-16(13-18)7-10-22(28)29/h2-13,15,25H,14H2,1H3,(H,28,29)/b10-7+. The van der Waals surface area contributed by atoms with Crippen molar-refractivity contribution in [3.05, 3.63) is 84.2 Å². The predicted molar refractivity (Wildman–Crippen MR) is 115 cm³/mol. The Labute approximate surface area is 173 Å². The highest BCUT2D eigenvalue weighted by atomic mass is 16.5. The van der Waals surface area contributed by atoms with Crippen molar-refractivity contribution in [2.45, 2.75) is 6.54 Å². The van der Waals surface area contributed by atoms with Crippen molar-refractivity contribution in [2.24, 2.45) is 0 Å². The van der Waals surface area contributed by atoms with Crippen LogP contribution in [0, 0.1) is 0 Å². The number of ether oxygens (including phenoxy) is 1. The zero-order chi connectivity index (χ0) is 20.9. The maximum atomic E-state index is 10.8. The lowest BCUT2D eigenvalue weighted by molar-refractivity contribution is -0.131. The van der Waals surface area contributed by atoms with E-state index < -0.39 is 5.97 Å². The molecule has 0 saturated heterocycles. The molecule has 4 rings (SSSR count). The van der Waals surface area contributed by atoms with Crippen LogP contribution in [0.25, 0.3) is 22.9 Å². The number of anilines is 1. The number of aliphatic carboxylic acids is 1. The number of nitrogens with zero attached hydrogens (tertiary/aromatic N) is 3. The molecule has 4 aromatic rings. The zero-order valence-corrected chi connectivity index (χ0v) is 16.3. The summed E-state index contributed by atoms with van der Waals surface area (Å²) in [6, 6.07) is 17.3. The highest BCUT2D eigenvalue weighted by Crippen LogP contribution is 2.26. The first-order valence-corrected chi connectivity index (χ1v) is 9.35. The lowest BCUT2D eigenvalue weighted by Crippen LogP contribution is -2.05. The lowest BCUT2D eigenvalue weighted by atomic mass is 10.1. The van der Waals surface area contributed by atoms with E-state index in [0.29, 0.717) is 12.2 Å². The molecule has 150 valence electrons. The molecule has 0 amide bonds. The van der Waals surface area contributed by atoms with Crippen molar-refractivity contribution < 1.29 is 14.6 Å². The minimum absolute atomic E-state index is 0.633. The number of fused-ring (bicyclic) bond motifs is 1. The van der Waals surface area contributed by atoms with Gasteiger partial charge in [0, 0.05) is 24.4 Å². The molecule has 0 saturated carbocycles. The van der Waals surface area contributed by atoms with E-state index in [-0.39, 0.29) is 0 Å². The van der Waals surface area contributed by atoms with E-state index in [4.69, 9.17) is 9.84 Å². The maximum Gasteiger partial charge on any atom is 0.328 e. The first kappa shape index (κ1) is 19.2. The molecule has 0 unspecified atom stereocenters. The minimum atomic E-state index is -0.981. The summed E-state index contributed by atoms with van der Waals surface area (Å²) < 4.78 is 6.96. The molecular weight excluding hydrogens is 380 g/mol. The molecule has 30 heavy (non-hydrogen) atoms. The average Bonchev–Trinajstić information content (AvgIpc) is 3.21. The predicted octanol–water partition coefficient (Wildman–Crippen LogP) is 4.11. The minimum Gasteiger partial charge on any atom is -0.497 e. The van der Waals surface area contributed by atoms with Gasteiger partial charge in [0.1, 0.15) is 11.6 Å². The molecule has 2 N–H and O–H groups in total. The van der Waals surface area contributed by atoms with E-state index in [0.717, 1.165) is 39.9 Å². The largest absolute Gasteiger partial charge is 0.497 e. The fourth-order valence-electron chi connectivity index (χ4n) is 3.14. The third-order valence-electron chi connectivity index (χ3n) is 4.65. The first-order valence-electron chi connectivity index (χ1n) is 9.35. The van der Waals surface area contributed by atoms with Gasteiger partial charge in [0.2, 0.25) is 0 Å². The van der Waals surface area contributed by atoms with Gasteiger partial charge in [-0.25, -0.2) is 9.78 Å². The summed E-state index contributed by atoms with van der Waals surface area (Å²) >= 11 is 0. The molecule has 7 heteroatoms. The summed E-state index contributed by atoms with van der Waals surface area (Å²) in [6.45, 7) is 0.633. The second kappa shape index (κ2) is 8.48. The summed E-state index contributed by atoms with van der Waals surface area (Å²) in [5.41, 5.74) is 4.41. The molecular formula is C23H20N4O3. The van der Waals surface area contributed by atoms with Crippen LogP contribution in [0.1, 0.15) is 11.1 Å². The number of methoxy groups -OCH3 is 1. The SMILES string of the molecule is COc1ccc(CNc2ccnc3c(-c4cccc(/C=C/C(=O)O)c4)cnn23)cc1. The van der Waals surface area contributed by atoms with Crippen molar-refractivity contribution in [2.75, 3.05) is 12.4 Å². The molecule has 0 aliphatic carbocycles. The van der Waals surface area contributed by atoms with Crippen LogP contribution in [0.5, 0.6) is 5.75 Å². The van der Waals surface area contributed by atoms with Crippen LogP contribution in [-0.4, -0.2) is 32.8 Å². The van der Waals surface area contributed by atoms with Gasteiger partial charge >= 0.3 is 5.97 Å². The number of rotatable bonds is 7. The molecule has 0 aliphatic heterocycles. The molecule has 0 fully saturated rings. The van der Waals surface area contributed by atoms with Crippen molar-refractivity contribution in [1.82, 2.24) is 14.6 Å². The van der Waals surface area contributed by atoms with Crippen molar-refractivity contribution in [3.63, 3.8) is 0 Å². The number of carboxylic acids is 1. The van der Waals surface area contributed by atoms with Gasteiger partial charge in [0.05, 0.1) is 13.3 Å². The van der Waals surface area contributed by atoms with Crippen LogP contribution in [0.15, 0.2) is 73.1 Å². The van der Waals surface area contributed by atoms with E-state index >= 15 is 0 Å². The van der Waals surface area contributed by atoms with E-state index in [2.05, 4.69) is 15.4 Å². The summed E-state index contributed by atoms with van der Waals surface area (Å²) in [5, 5.41) is 16.7. The zero-order valence-electron chi connectivity index (χ0n) is 16.3. The van der Waals surface area contributed by atoms with Gasteiger partial charge in [-0.3, -0.25) is 0 Å². The Hall–Kier alpha value is -4.13. The monoisotopic (exact) mass is 400 g/mol. The fraction of sp³-hybridized carbons (Fsp3) is 0.0870. The van der Waals surface area contributed by atoms with Gasteiger partial charge in [0.15, 0.2) is 5.65 Å². The maximum absolute atomic E-state index is 10.8.